The van der Waals surface area contributed by atoms with Gasteiger partial charge in [0.05, 0.1) is 0 Å². The van der Waals surface area contributed by atoms with Crippen LogP contribution in [0.4, 0.5) is 0 Å². The molecule has 1 N–H and O–H groups in total. The third-order valence-corrected chi connectivity index (χ3v) is 4.26. The molecule has 20 heavy (non-hydrogen) atoms. The summed E-state index contributed by atoms with van der Waals surface area (Å²) in [6.45, 7) is 14.0. The summed E-state index contributed by atoms with van der Waals surface area (Å²) in [5, 5.41) is 3.74. The van der Waals surface area contributed by atoms with E-state index in [-0.39, 0.29) is 0 Å². The van der Waals surface area contributed by atoms with Crippen molar-refractivity contribution >= 4 is 0 Å². The van der Waals surface area contributed by atoms with Crippen LogP contribution in [0.3, 0.4) is 0 Å². The number of nitrogens with one attached hydrogen (secondary N) is 1. The van der Waals surface area contributed by atoms with Gasteiger partial charge in [0.2, 0.25) is 0 Å². The molecule has 0 bridgehead atoms. The minimum absolute atomic E-state index is 0.303. The van der Waals surface area contributed by atoms with E-state index in [9.17, 15) is 0 Å². The average Bonchev–Trinajstić information content (AvgIpc) is 2.41. The molecule has 0 aliphatic carbocycles. The van der Waals surface area contributed by atoms with Crippen molar-refractivity contribution in [3.63, 3.8) is 0 Å². The smallest absolute Gasteiger partial charge is 0.0265 e. The first-order valence-electron chi connectivity index (χ1n) is 7.63. The van der Waals surface area contributed by atoms with E-state index >= 15 is 0 Å². The molecule has 1 aliphatic rings. The lowest BCUT2D eigenvalue weighted by molar-refractivity contribution is 0.0958. The van der Waals surface area contributed by atoms with E-state index in [0.29, 0.717) is 17.5 Å². The van der Waals surface area contributed by atoms with Gasteiger partial charge in [0.25, 0.3) is 0 Å². The van der Waals surface area contributed by atoms with E-state index < -0.39 is 0 Å². The van der Waals surface area contributed by atoms with Crippen LogP contribution in [-0.2, 0) is 6.42 Å². The van der Waals surface area contributed by atoms with Crippen LogP contribution in [0.25, 0.3) is 0 Å². The molecule has 0 radical (unpaired) electrons. The Morgan fingerprint density at radius 3 is 2.60 bits per heavy atom. The van der Waals surface area contributed by atoms with Crippen LogP contribution >= 0.6 is 0 Å². The summed E-state index contributed by atoms with van der Waals surface area (Å²) >= 11 is 0. The number of hydrogen-bond donors (Lipinski definition) is 1. The molecule has 1 heterocycles. The summed E-state index contributed by atoms with van der Waals surface area (Å²) in [6.07, 6.45) is 3.14. The Bertz CT molecular complexity index is 419. The van der Waals surface area contributed by atoms with E-state index in [0.717, 1.165) is 26.1 Å². The normalized spacial score (nSPS) is 24.6. The summed E-state index contributed by atoms with van der Waals surface area (Å²) in [7, 11) is 0. The maximum atomic E-state index is 3.92. The molecule has 2 rings (SSSR count). The van der Waals surface area contributed by atoms with Gasteiger partial charge in [0, 0.05) is 31.7 Å². The van der Waals surface area contributed by atoms with Crippen molar-refractivity contribution in [1.82, 2.24) is 10.2 Å². The van der Waals surface area contributed by atoms with E-state index in [1.165, 1.54) is 5.56 Å². The van der Waals surface area contributed by atoms with Crippen LogP contribution in [0.5, 0.6) is 0 Å². The number of hydrogen-bond acceptors (Lipinski definition) is 2. The average molecular weight is 272 g/mol. The molecule has 2 atom stereocenters. The lowest BCUT2D eigenvalue weighted by Crippen LogP contribution is -2.60. The zero-order valence-electron chi connectivity index (χ0n) is 13.1. The van der Waals surface area contributed by atoms with Crippen molar-refractivity contribution in [3.05, 3.63) is 48.6 Å². The third kappa shape index (κ3) is 3.94. The second kappa shape index (κ2) is 6.55. The fourth-order valence-corrected chi connectivity index (χ4v) is 2.91. The number of nitrogens with zero attached hydrogens (tertiary/aromatic N) is 1. The van der Waals surface area contributed by atoms with Gasteiger partial charge in [-0.2, -0.15) is 0 Å². The maximum Gasteiger partial charge on any atom is 0.0265 e. The minimum Gasteiger partial charge on any atom is -0.311 e. The number of benzene rings is 1. The predicted molar refractivity (Wildman–Crippen MR) is 86.9 cm³/mol. The third-order valence-electron chi connectivity index (χ3n) is 4.26. The van der Waals surface area contributed by atoms with Gasteiger partial charge in [0.1, 0.15) is 0 Å². The van der Waals surface area contributed by atoms with Gasteiger partial charge in [-0.15, -0.1) is 6.58 Å². The Hall–Kier alpha value is -1.12. The highest BCUT2D eigenvalue weighted by Crippen LogP contribution is 2.24. The molecule has 1 fully saturated rings. The van der Waals surface area contributed by atoms with Gasteiger partial charge in [-0.25, -0.2) is 0 Å². The Kier molecular flexibility index (Phi) is 5.00. The summed E-state index contributed by atoms with van der Waals surface area (Å²) in [4.78, 5) is 2.58. The van der Waals surface area contributed by atoms with Crippen molar-refractivity contribution in [3.8, 4) is 0 Å². The molecule has 2 heteroatoms. The summed E-state index contributed by atoms with van der Waals surface area (Å²) in [6, 6.07) is 11.9. The van der Waals surface area contributed by atoms with E-state index in [1.54, 1.807) is 0 Å². The fourth-order valence-electron chi connectivity index (χ4n) is 2.91. The second-order valence-electron chi connectivity index (χ2n) is 6.91. The second-order valence-corrected chi connectivity index (χ2v) is 6.91. The van der Waals surface area contributed by atoms with Crippen LogP contribution in [0.2, 0.25) is 0 Å². The van der Waals surface area contributed by atoms with Gasteiger partial charge in [-0.1, -0.05) is 57.2 Å². The molecular weight excluding hydrogens is 244 g/mol. The zero-order valence-corrected chi connectivity index (χ0v) is 13.1. The van der Waals surface area contributed by atoms with Crippen molar-refractivity contribution < 1.29 is 0 Å². The van der Waals surface area contributed by atoms with Crippen molar-refractivity contribution in [2.45, 2.75) is 39.3 Å². The van der Waals surface area contributed by atoms with Gasteiger partial charge < -0.3 is 5.32 Å². The van der Waals surface area contributed by atoms with Crippen molar-refractivity contribution in [2.75, 3.05) is 19.6 Å². The van der Waals surface area contributed by atoms with Crippen LogP contribution < -0.4 is 5.32 Å². The predicted octanol–water partition coefficient (Wildman–Crippen LogP) is 3.10. The largest absolute Gasteiger partial charge is 0.311 e. The first-order valence-corrected chi connectivity index (χ1v) is 7.63. The van der Waals surface area contributed by atoms with Crippen LogP contribution in [0.1, 0.15) is 26.3 Å². The quantitative estimate of drug-likeness (QED) is 0.847. The topological polar surface area (TPSA) is 15.3 Å². The molecule has 0 aromatic heterocycles. The Labute approximate surface area is 123 Å². The molecule has 1 aromatic rings. The van der Waals surface area contributed by atoms with Crippen molar-refractivity contribution in [2.24, 2.45) is 5.41 Å². The summed E-state index contributed by atoms with van der Waals surface area (Å²) in [5.41, 5.74) is 1.72. The Balaban J connectivity index is 2.04. The lowest BCUT2D eigenvalue weighted by atomic mass is 9.84. The number of piperazine rings is 1. The van der Waals surface area contributed by atoms with Crippen LogP contribution in [0, 0.1) is 5.41 Å². The molecule has 110 valence electrons. The minimum atomic E-state index is 0.303. The maximum absolute atomic E-state index is 3.92. The van der Waals surface area contributed by atoms with Crippen molar-refractivity contribution in [1.29, 1.82) is 0 Å². The zero-order chi connectivity index (χ0) is 14.6. The molecule has 1 aliphatic heterocycles. The Morgan fingerprint density at radius 2 is 2.00 bits per heavy atom. The Morgan fingerprint density at radius 1 is 1.30 bits per heavy atom. The standard InChI is InChI=1S/C18H28N2/c1-5-11-20-14-17(18(2,3)4)19-13-16(20)12-15-9-7-6-8-10-15/h5-10,16-17,19H,1,11-14H2,2-4H3. The SMILES string of the molecule is C=CCN1CC(C(C)(C)C)NCC1Cc1ccccc1. The van der Waals surface area contributed by atoms with E-state index in [1.807, 2.05) is 6.08 Å². The monoisotopic (exact) mass is 272 g/mol. The molecular formula is C18H28N2. The summed E-state index contributed by atoms with van der Waals surface area (Å²) in [5.74, 6) is 0. The van der Waals surface area contributed by atoms with E-state index in [4.69, 9.17) is 0 Å². The number of rotatable bonds is 4. The van der Waals surface area contributed by atoms with Crippen LogP contribution in [-0.4, -0.2) is 36.6 Å². The van der Waals surface area contributed by atoms with E-state index in [2.05, 4.69) is 67.9 Å². The molecule has 2 unspecified atom stereocenters. The molecule has 2 nitrogen and oxygen atoms in total. The van der Waals surface area contributed by atoms with Gasteiger partial charge in [0.15, 0.2) is 0 Å². The van der Waals surface area contributed by atoms with Crippen LogP contribution in [0.15, 0.2) is 43.0 Å². The van der Waals surface area contributed by atoms with Gasteiger partial charge in [-0.3, -0.25) is 4.90 Å². The fraction of sp³-hybridized carbons (Fsp3) is 0.556. The molecule has 0 amide bonds. The molecule has 1 saturated heterocycles. The highest BCUT2D eigenvalue weighted by molar-refractivity contribution is 5.16. The first-order chi connectivity index (χ1) is 9.50. The molecule has 0 spiro atoms. The molecule has 1 aromatic carbocycles. The van der Waals surface area contributed by atoms with Gasteiger partial charge >= 0.3 is 0 Å². The first kappa shape index (κ1) is 15.3. The lowest BCUT2D eigenvalue weighted by Gasteiger charge is -2.45. The van der Waals surface area contributed by atoms with Gasteiger partial charge in [-0.05, 0) is 17.4 Å². The highest BCUT2D eigenvalue weighted by atomic mass is 15.2. The summed E-state index contributed by atoms with van der Waals surface area (Å²) < 4.78 is 0. The molecule has 0 saturated carbocycles. The highest BCUT2D eigenvalue weighted by Gasteiger charge is 2.33.